The van der Waals surface area contributed by atoms with Crippen molar-refractivity contribution in [2.75, 3.05) is 18.7 Å². The molecule has 18 heavy (non-hydrogen) atoms. The number of ether oxygens (including phenoxy) is 1. The summed E-state index contributed by atoms with van der Waals surface area (Å²) in [7, 11) is 3.67. The third-order valence-corrected chi connectivity index (χ3v) is 3.51. The van der Waals surface area contributed by atoms with E-state index in [1.807, 2.05) is 29.9 Å². The lowest BCUT2D eigenvalue weighted by molar-refractivity contribution is 0.415. The number of nitrogens with one attached hydrogen (secondary N) is 1. The van der Waals surface area contributed by atoms with E-state index in [1.54, 1.807) is 25.2 Å². The standard InChI is InChI=1S/C13H17N3OS/c1-16-9-14-7-10(16)8-15-12-5-4-11(18-3)6-13(12)17-2/h4-7,9,15H,8H2,1-3H3. The molecule has 5 heteroatoms. The predicted octanol–water partition coefficient (Wildman–Crippen LogP) is 2.76. The molecule has 1 heterocycles. The van der Waals surface area contributed by atoms with Gasteiger partial charge in [0.05, 0.1) is 31.4 Å². The monoisotopic (exact) mass is 263 g/mol. The van der Waals surface area contributed by atoms with Gasteiger partial charge < -0.3 is 14.6 Å². The Morgan fingerprint density at radius 3 is 2.89 bits per heavy atom. The highest BCUT2D eigenvalue weighted by Crippen LogP contribution is 2.29. The van der Waals surface area contributed by atoms with Crippen molar-refractivity contribution >= 4 is 17.4 Å². The number of methoxy groups -OCH3 is 1. The molecule has 1 N–H and O–H groups in total. The number of nitrogens with zero attached hydrogens (tertiary/aromatic N) is 2. The highest BCUT2D eigenvalue weighted by Gasteiger charge is 2.05. The topological polar surface area (TPSA) is 39.1 Å². The fourth-order valence-electron chi connectivity index (χ4n) is 1.69. The number of anilines is 1. The van der Waals surface area contributed by atoms with Gasteiger partial charge in [0.1, 0.15) is 5.75 Å². The molecule has 0 radical (unpaired) electrons. The largest absolute Gasteiger partial charge is 0.495 e. The molecule has 1 aromatic heterocycles. The summed E-state index contributed by atoms with van der Waals surface area (Å²) in [6.45, 7) is 0.728. The van der Waals surface area contributed by atoms with Crippen LogP contribution in [0, 0.1) is 0 Å². The lowest BCUT2D eigenvalue weighted by atomic mass is 10.3. The van der Waals surface area contributed by atoms with Gasteiger partial charge in [0.2, 0.25) is 0 Å². The van der Waals surface area contributed by atoms with Crippen molar-refractivity contribution in [2.45, 2.75) is 11.4 Å². The van der Waals surface area contributed by atoms with Gasteiger partial charge in [0.15, 0.2) is 0 Å². The van der Waals surface area contributed by atoms with E-state index >= 15 is 0 Å². The Morgan fingerprint density at radius 2 is 2.28 bits per heavy atom. The van der Waals surface area contributed by atoms with Crippen molar-refractivity contribution in [1.29, 1.82) is 0 Å². The Balaban J connectivity index is 2.11. The fraction of sp³-hybridized carbons (Fsp3) is 0.308. The summed E-state index contributed by atoms with van der Waals surface area (Å²) >= 11 is 1.70. The first-order valence-electron chi connectivity index (χ1n) is 5.65. The third kappa shape index (κ3) is 2.79. The van der Waals surface area contributed by atoms with Crippen LogP contribution in [0.5, 0.6) is 5.75 Å². The first kappa shape index (κ1) is 12.8. The maximum atomic E-state index is 5.39. The summed E-state index contributed by atoms with van der Waals surface area (Å²) in [6.07, 6.45) is 5.71. The van der Waals surface area contributed by atoms with Crippen LogP contribution in [0.2, 0.25) is 0 Å². The molecule has 2 rings (SSSR count). The second-order valence-electron chi connectivity index (χ2n) is 3.92. The SMILES string of the molecule is COc1cc(SC)ccc1NCc1cncn1C. The molecule has 2 aromatic rings. The van der Waals surface area contributed by atoms with Crippen molar-refractivity contribution in [3.63, 3.8) is 0 Å². The molecule has 0 aliphatic rings. The van der Waals surface area contributed by atoms with Crippen molar-refractivity contribution in [2.24, 2.45) is 7.05 Å². The number of benzene rings is 1. The van der Waals surface area contributed by atoms with Crippen LogP contribution in [-0.2, 0) is 13.6 Å². The quantitative estimate of drug-likeness (QED) is 0.842. The van der Waals surface area contributed by atoms with E-state index < -0.39 is 0 Å². The summed E-state index contributed by atoms with van der Waals surface area (Å²) in [5.74, 6) is 0.865. The summed E-state index contributed by atoms with van der Waals surface area (Å²) in [6, 6.07) is 6.16. The Morgan fingerprint density at radius 1 is 1.44 bits per heavy atom. The zero-order valence-corrected chi connectivity index (χ0v) is 11.6. The first-order chi connectivity index (χ1) is 8.74. The predicted molar refractivity (Wildman–Crippen MR) is 75.3 cm³/mol. The van der Waals surface area contributed by atoms with Gasteiger partial charge in [-0.25, -0.2) is 4.98 Å². The maximum Gasteiger partial charge on any atom is 0.143 e. The lowest BCUT2D eigenvalue weighted by Crippen LogP contribution is -2.05. The van der Waals surface area contributed by atoms with Crippen LogP contribution in [0.3, 0.4) is 0 Å². The normalized spacial score (nSPS) is 10.4. The molecule has 0 saturated carbocycles. The molecule has 0 unspecified atom stereocenters. The Labute approximate surface area is 111 Å². The van der Waals surface area contributed by atoms with Crippen LogP contribution in [0.25, 0.3) is 0 Å². The van der Waals surface area contributed by atoms with Crippen LogP contribution in [0.4, 0.5) is 5.69 Å². The molecule has 0 atom stereocenters. The molecule has 0 fully saturated rings. The van der Waals surface area contributed by atoms with Crippen LogP contribution >= 0.6 is 11.8 Å². The minimum absolute atomic E-state index is 0.728. The number of aryl methyl sites for hydroxylation is 1. The molecule has 0 saturated heterocycles. The van der Waals surface area contributed by atoms with Crippen molar-refractivity contribution in [3.05, 3.63) is 36.4 Å². The molecular weight excluding hydrogens is 246 g/mol. The molecular formula is C13H17N3OS. The number of thioether (sulfide) groups is 1. The van der Waals surface area contributed by atoms with Gasteiger partial charge in [0.25, 0.3) is 0 Å². The molecule has 4 nitrogen and oxygen atoms in total. The zero-order chi connectivity index (χ0) is 13.0. The van der Waals surface area contributed by atoms with Gasteiger partial charge >= 0.3 is 0 Å². The maximum absolute atomic E-state index is 5.39. The molecule has 0 aliphatic heterocycles. The molecule has 0 bridgehead atoms. The minimum atomic E-state index is 0.728. The number of imidazole rings is 1. The highest BCUT2D eigenvalue weighted by molar-refractivity contribution is 7.98. The van der Waals surface area contributed by atoms with Gasteiger partial charge in [-0.15, -0.1) is 11.8 Å². The van der Waals surface area contributed by atoms with E-state index in [0.29, 0.717) is 0 Å². The summed E-state index contributed by atoms with van der Waals surface area (Å²) in [5, 5.41) is 3.36. The molecule has 0 spiro atoms. The second-order valence-corrected chi connectivity index (χ2v) is 4.80. The summed E-state index contributed by atoms with van der Waals surface area (Å²) < 4.78 is 7.39. The number of hydrogen-bond acceptors (Lipinski definition) is 4. The average molecular weight is 263 g/mol. The van der Waals surface area contributed by atoms with Crippen LogP contribution < -0.4 is 10.1 Å². The van der Waals surface area contributed by atoms with Gasteiger partial charge in [-0.1, -0.05) is 0 Å². The van der Waals surface area contributed by atoms with Gasteiger partial charge in [-0.3, -0.25) is 0 Å². The van der Waals surface area contributed by atoms with E-state index in [-0.39, 0.29) is 0 Å². The number of hydrogen-bond donors (Lipinski definition) is 1. The fourth-order valence-corrected chi connectivity index (χ4v) is 2.11. The van der Waals surface area contributed by atoms with Gasteiger partial charge in [-0.05, 0) is 24.5 Å². The van der Waals surface area contributed by atoms with E-state index in [9.17, 15) is 0 Å². The Kier molecular flexibility index (Phi) is 4.15. The van der Waals surface area contributed by atoms with Crippen LogP contribution in [0.1, 0.15) is 5.69 Å². The Hall–Kier alpha value is -1.62. The van der Waals surface area contributed by atoms with Crippen molar-refractivity contribution in [1.82, 2.24) is 9.55 Å². The smallest absolute Gasteiger partial charge is 0.143 e. The minimum Gasteiger partial charge on any atom is -0.495 e. The van der Waals surface area contributed by atoms with Crippen LogP contribution in [0.15, 0.2) is 35.6 Å². The van der Waals surface area contributed by atoms with Gasteiger partial charge in [-0.2, -0.15) is 0 Å². The highest BCUT2D eigenvalue weighted by atomic mass is 32.2. The first-order valence-corrected chi connectivity index (χ1v) is 6.88. The van der Waals surface area contributed by atoms with Crippen molar-refractivity contribution < 1.29 is 4.74 Å². The zero-order valence-electron chi connectivity index (χ0n) is 10.8. The molecule has 1 aromatic carbocycles. The van der Waals surface area contributed by atoms with E-state index in [1.165, 1.54) is 4.90 Å². The third-order valence-electron chi connectivity index (χ3n) is 2.79. The number of aromatic nitrogens is 2. The molecule has 96 valence electrons. The van der Waals surface area contributed by atoms with Crippen LogP contribution in [-0.4, -0.2) is 22.9 Å². The number of rotatable bonds is 5. The lowest BCUT2D eigenvalue weighted by Gasteiger charge is -2.12. The summed E-state index contributed by atoms with van der Waals surface area (Å²) in [5.41, 5.74) is 2.13. The molecule has 0 aliphatic carbocycles. The van der Waals surface area contributed by atoms with E-state index in [4.69, 9.17) is 4.74 Å². The summed E-state index contributed by atoms with van der Waals surface area (Å²) in [4.78, 5) is 5.28. The average Bonchev–Trinajstić information content (AvgIpc) is 2.81. The van der Waals surface area contributed by atoms with Crippen molar-refractivity contribution in [3.8, 4) is 5.75 Å². The molecule has 0 amide bonds. The van der Waals surface area contributed by atoms with E-state index in [0.717, 1.165) is 23.7 Å². The second kappa shape index (κ2) is 5.82. The van der Waals surface area contributed by atoms with E-state index in [2.05, 4.69) is 22.6 Å². The van der Waals surface area contributed by atoms with Gasteiger partial charge in [0, 0.05) is 18.1 Å². The Bertz CT molecular complexity index is 525.